The second-order valence-electron chi connectivity index (χ2n) is 6.15. The molecule has 2 rings (SSSR count). The molecule has 110 valence electrons. The minimum atomic E-state index is 0.612. The summed E-state index contributed by atoms with van der Waals surface area (Å²) >= 11 is 0. The van der Waals surface area contributed by atoms with Gasteiger partial charge in [0.1, 0.15) is 0 Å². The van der Waals surface area contributed by atoms with Gasteiger partial charge in [0.05, 0.1) is 6.54 Å². The van der Waals surface area contributed by atoms with Crippen molar-refractivity contribution in [3.8, 4) is 0 Å². The summed E-state index contributed by atoms with van der Waals surface area (Å²) in [5, 5.41) is 0. The molecule has 0 amide bonds. The highest BCUT2D eigenvalue weighted by molar-refractivity contribution is 5.78. The van der Waals surface area contributed by atoms with Gasteiger partial charge in [-0.25, -0.2) is 0 Å². The molecule has 0 saturated carbocycles. The van der Waals surface area contributed by atoms with Crippen molar-refractivity contribution < 1.29 is 0 Å². The first-order chi connectivity index (χ1) is 9.20. The molecule has 2 fully saturated rings. The van der Waals surface area contributed by atoms with Crippen molar-refractivity contribution in [2.45, 2.75) is 52.0 Å². The van der Waals surface area contributed by atoms with Crippen LogP contribution in [0.25, 0.3) is 0 Å². The minimum absolute atomic E-state index is 0.612. The number of nitrogens with two attached hydrogens (primary N) is 1. The van der Waals surface area contributed by atoms with Crippen LogP contribution in [0.2, 0.25) is 0 Å². The number of nitrogens with zero attached hydrogens (tertiary/aromatic N) is 3. The van der Waals surface area contributed by atoms with Crippen LogP contribution in [0.4, 0.5) is 0 Å². The van der Waals surface area contributed by atoms with Crippen LogP contribution in [0.3, 0.4) is 0 Å². The molecule has 0 aromatic carbocycles. The molecule has 0 radical (unpaired) electrons. The van der Waals surface area contributed by atoms with Crippen LogP contribution in [0, 0.1) is 5.92 Å². The van der Waals surface area contributed by atoms with E-state index in [1.165, 1.54) is 38.6 Å². The number of rotatable bonds is 3. The zero-order chi connectivity index (χ0) is 13.7. The quantitative estimate of drug-likeness (QED) is 0.627. The maximum Gasteiger partial charge on any atom is 0.191 e. The molecule has 19 heavy (non-hydrogen) atoms. The molecular formula is C15H30N4. The number of hydrogen-bond donors (Lipinski definition) is 1. The number of aliphatic imine (C=N–C) groups is 1. The Balaban J connectivity index is 1.83. The van der Waals surface area contributed by atoms with Gasteiger partial charge < -0.3 is 10.6 Å². The fourth-order valence-corrected chi connectivity index (χ4v) is 3.22. The Labute approximate surface area is 118 Å². The maximum absolute atomic E-state index is 6.16. The zero-order valence-electron chi connectivity index (χ0n) is 12.6. The average Bonchev–Trinajstić information content (AvgIpc) is 2.45. The Hall–Kier alpha value is -0.770. The van der Waals surface area contributed by atoms with E-state index in [0.29, 0.717) is 6.04 Å². The first-order valence-corrected chi connectivity index (χ1v) is 7.99. The van der Waals surface area contributed by atoms with Crippen molar-refractivity contribution >= 4 is 5.96 Å². The summed E-state index contributed by atoms with van der Waals surface area (Å²) in [5.74, 6) is 1.62. The van der Waals surface area contributed by atoms with Crippen molar-refractivity contribution in [2.75, 3.05) is 32.7 Å². The Kier molecular flexibility index (Phi) is 5.49. The van der Waals surface area contributed by atoms with E-state index in [0.717, 1.165) is 38.1 Å². The lowest BCUT2D eigenvalue weighted by Crippen LogP contribution is -2.45. The van der Waals surface area contributed by atoms with Crippen LogP contribution in [0.5, 0.6) is 0 Å². The molecule has 0 aliphatic carbocycles. The van der Waals surface area contributed by atoms with E-state index in [9.17, 15) is 0 Å². The fraction of sp³-hybridized carbons (Fsp3) is 0.933. The van der Waals surface area contributed by atoms with Crippen molar-refractivity contribution in [3.63, 3.8) is 0 Å². The van der Waals surface area contributed by atoms with Gasteiger partial charge in [-0.3, -0.25) is 9.89 Å². The van der Waals surface area contributed by atoms with E-state index in [4.69, 9.17) is 5.73 Å². The number of hydrogen-bond acceptors (Lipinski definition) is 2. The van der Waals surface area contributed by atoms with Gasteiger partial charge in [-0.15, -0.1) is 0 Å². The van der Waals surface area contributed by atoms with Gasteiger partial charge in [-0.1, -0.05) is 20.3 Å². The highest BCUT2D eigenvalue weighted by atomic mass is 15.3. The third kappa shape index (κ3) is 4.10. The van der Waals surface area contributed by atoms with Gasteiger partial charge in [0.15, 0.2) is 5.96 Å². The normalized spacial score (nSPS) is 27.8. The van der Waals surface area contributed by atoms with Crippen molar-refractivity contribution in [1.82, 2.24) is 9.80 Å². The number of likely N-dealkylation sites (tertiary alicyclic amines) is 2. The molecule has 4 heteroatoms. The Morgan fingerprint density at radius 1 is 1.16 bits per heavy atom. The SMILES string of the molecule is CCN1CCCCC1CN=C(N)N1CCC(C)CC1. The predicted molar refractivity (Wildman–Crippen MR) is 81.3 cm³/mol. The van der Waals surface area contributed by atoms with Gasteiger partial charge in [0.2, 0.25) is 0 Å². The van der Waals surface area contributed by atoms with Crippen molar-refractivity contribution in [2.24, 2.45) is 16.6 Å². The molecule has 0 aromatic rings. The van der Waals surface area contributed by atoms with Crippen LogP contribution in [-0.2, 0) is 0 Å². The lowest BCUT2D eigenvalue weighted by atomic mass is 9.99. The Morgan fingerprint density at radius 3 is 2.58 bits per heavy atom. The summed E-state index contributed by atoms with van der Waals surface area (Å²) in [4.78, 5) is 9.49. The van der Waals surface area contributed by atoms with Gasteiger partial charge in [-0.2, -0.15) is 0 Å². The molecule has 0 bridgehead atoms. The molecule has 1 atom stereocenters. The molecule has 0 spiro atoms. The third-order valence-corrected chi connectivity index (χ3v) is 4.73. The molecule has 2 aliphatic rings. The third-order valence-electron chi connectivity index (χ3n) is 4.73. The number of piperidine rings is 2. The van der Waals surface area contributed by atoms with Crippen molar-refractivity contribution in [3.05, 3.63) is 0 Å². The largest absolute Gasteiger partial charge is 0.370 e. The smallest absolute Gasteiger partial charge is 0.191 e. The Morgan fingerprint density at radius 2 is 1.89 bits per heavy atom. The molecular weight excluding hydrogens is 236 g/mol. The minimum Gasteiger partial charge on any atom is -0.370 e. The fourth-order valence-electron chi connectivity index (χ4n) is 3.22. The number of guanidine groups is 1. The van der Waals surface area contributed by atoms with Crippen LogP contribution >= 0.6 is 0 Å². The van der Waals surface area contributed by atoms with E-state index in [1.807, 2.05) is 0 Å². The van der Waals surface area contributed by atoms with Crippen LogP contribution in [0.1, 0.15) is 46.0 Å². The summed E-state index contributed by atoms with van der Waals surface area (Å²) in [5.41, 5.74) is 6.16. The summed E-state index contributed by atoms with van der Waals surface area (Å²) in [7, 11) is 0. The van der Waals surface area contributed by atoms with Crippen LogP contribution in [-0.4, -0.2) is 54.5 Å². The highest BCUT2D eigenvalue weighted by Gasteiger charge is 2.21. The zero-order valence-corrected chi connectivity index (χ0v) is 12.6. The first-order valence-electron chi connectivity index (χ1n) is 7.99. The molecule has 2 heterocycles. The summed E-state index contributed by atoms with van der Waals surface area (Å²) in [6.45, 7) is 9.99. The monoisotopic (exact) mass is 266 g/mol. The molecule has 2 saturated heterocycles. The topological polar surface area (TPSA) is 44.9 Å². The predicted octanol–water partition coefficient (Wildman–Crippen LogP) is 1.91. The Bertz CT molecular complexity index is 295. The van der Waals surface area contributed by atoms with E-state index >= 15 is 0 Å². The van der Waals surface area contributed by atoms with E-state index in [1.54, 1.807) is 0 Å². The van der Waals surface area contributed by atoms with E-state index in [-0.39, 0.29) is 0 Å². The standard InChI is InChI=1S/C15H30N4/c1-3-18-9-5-4-6-14(18)12-17-15(16)19-10-7-13(2)8-11-19/h13-14H,3-12H2,1-2H3,(H2,16,17). The van der Waals surface area contributed by atoms with Gasteiger partial charge in [-0.05, 0) is 44.7 Å². The van der Waals surface area contributed by atoms with E-state index < -0.39 is 0 Å². The lowest BCUT2D eigenvalue weighted by molar-refractivity contribution is 0.161. The molecule has 2 aliphatic heterocycles. The van der Waals surface area contributed by atoms with Crippen LogP contribution < -0.4 is 5.73 Å². The van der Waals surface area contributed by atoms with Gasteiger partial charge in [0.25, 0.3) is 0 Å². The number of likely N-dealkylation sites (N-methyl/N-ethyl adjacent to an activating group) is 1. The van der Waals surface area contributed by atoms with E-state index in [2.05, 4.69) is 28.6 Å². The van der Waals surface area contributed by atoms with Gasteiger partial charge >= 0.3 is 0 Å². The van der Waals surface area contributed by atoms with Crippen LogP contribution in [0.15, 0.2) is 4.99 Å². The van der Waals surface area contributed by atoms with Gasteiger partial charge in [0, 0.05) is 19.1 Å². The molecule has 0 aromatic heterocycles. The second kappa shape index (κ2) is 7.13. The van der Waals surface area contributed by atoms with Crippen molar-refractivity contribution in [1.29, 1.82) is 0 Å². The maximum atomic E-state index is 6.16. The highest BCUT2D eigenvalue weighted by Crippen LogP contribution is 2.18. The summed E-state index contributed by atoms with van der Waals surface area (Å²) in [6, 6.07) is 0.612. The molecule has 1 unspecified atom stereocenters. The molecule has 4 nitrogen and oxygen atoms in total. The second-order valence-corrected chi connectivity index (χ2v) is 6.15. The first kappa shape index (κ1) is 14.6. The molecule has 2 N–H and O–H groups in total. The summed E-state index contributed by atoms with van der Waals surface area (Å²) < 4.78 is 0. The summed E-state index contributed by atoms with van der Waals surface area (Å²) in [6.07, 6.45) is 6.47. The lowest BCUT2D eigenvalue weighted by Gasteiger charge is -2.35. The average molecular weight is 266 g/mol.